The molecular formula is C18H20N4O4S. The third-order valence-electron chi connectivity index (χ3n) is 5.22. The van der Waals surface area contributed by atoms with Crippen LogP contribution in [0.4, 0.5) is 4.79 Å². The molecule has 2 saturated heterocycles. The fourth-order valence-corrected chi connectivity index (χ4v) is 4.31. The van der Waals surface area contributed by atoms with Crippen LogP contribution in [0.15, 0.2) is 30.7 Å². The second-order valence-corrected chi connectivity index (χ2v) is 7.94. The molecule has 142 valence electrons. The average molecular weight is 388 g/mol. The standard InChI is InChI=1S/C18H20N4O4S/c23-15(10-22-16(24)11-27-17(22)25)20-7-3-18(26,4-8-20)12-21-6-2-13-1-5-19-9-14(13)21/h1-2,5-6,9,26H,3-4,7-8,10-12H2. The second-order valence-electron chi connectivity index (χ2n) is 7.02. The number of carbonyl (C=O) groups is 3. The lowest BCUT2D eigenvalue weighted by Crippen LogP contribution is -2.51. The van der Waals surface area contributed by atoms with Crippen LogP contribution < -0.4 is 0 Å². The van der Waals surface area contributed by atoms with Crippen LogP contribution in [-0.2, 0) is 16.1 Å². The van der Waals surface area contributed by atoms with Crippen molar-refractivity contribution in [1.82, 2.24) is 19.4 Å². The fraction of sp³-hybridized carbons (Fsp3) is 0.444. The van der Waals surface area contributed by atoms with Crippen LogP contribution >= 0.6 is 11.8 Å². The molecule has 2 aliphatic rings. The number of nitrogens with zero attached hydrogens (tertiary/aromatic N) is 4. The van der Waals surface area contributed by atoms with Crippen molar-refractivity contribution in [2.75, 3.05) is 25.4 Å². The molecule has 3 amide bonds. The van der Waals surface area contributed by atoms with Crippen molar-refractivity contribution in [2.45, 2.75) is 25.0 Å². The monoisotopic (exact) mass is 388 g/mol. The molecule has 2 aliphatic heterocycles. The second kappa shape index (κ2) is 6.97. The first-order chi connectivity index (χ1) is 13.0. The van der Waals surface area contributed by atoms with E-state index >= 15 is 0 Å². The quantitative estimate of drug-likeness (QED) is 0.842. The third kappa shape index (κ3) is 3.57. The summed E-state index contributed by atoms with van der Waals surface area (Å²) in [5.74, 6) is -0.470. The van der Waals surface area contributed by atoms with Gasteiger partial charge in [0.25, 0.3) is 5.24 Å². The number of amides is 3. The summed E-state index contributed by atoms with van der Waals surface area (Å²) in [5, 5.41) is 11.7. The van der Waals surface area contributed by atoms with E-state index in [1.54, 1.807) is 17.3 Å². The first-order valence-electron chi connectivity index (χ1n) is 8.81. The number of thioether (sulfide) groups is 1. The van der Waals surface area contributed by atoms with Crippen molar-refractivity contribution in [3.05, 3.63) is 30.7 Å². The van der Waals surface area contributed by atoms with Gasteiger partial charge < -0.3 is 14.6 Å². The van der Waals surface area contributed by atoms with Crippen molar-refractivity contribution in [3.8, 4) is 0 Å². The van der Waals surface area contributed by atoms with Crippen LogP contribution in [0.25, 0.3) is 10.9 Å². The van der Waals surface area contributed by atoms with Gasteiger partial charge in [0.05, 0.1) is 29.6 Å². The minimum absolute atomic E-state index is 0.103. The lowest BCUT2D eigenvalue weighted by molar-refractivity contribution is -0.140. The summed E-state index contributed by atoms with van der Waals surface area (Å²) in [6, 6.07) is 3.91. The van der Waals surface area contributed by atoms with Gasteiger partial charge in [-0.05, 0) is 25.0 Å². The number of aromatic nitrogens is 2. The van der Waals surface area contributed by atoms with Crippen LogP contribution in [-0.4, -0.2) is 72.5 Å². The minimum atomic E-state index is -0.909. The Balaban J connectivity index is 1.37. The Hall–Kier alpha value is -2.39. The number of likely N-dealkylation sites (tertiary alicyclic amines) is 1. The zero-order chi connectivity index (χ0) is 19.0. The maximum absolute atomic E-state index is 12.4. The molecule has 2 aromatic rings. The molecule has 2 aromatic heterocycles. The SMILES string of the molecule is O=C(CN1C(=O)CSC1=O)N1CCC(O)(Cn2ccc3ccncc32)CC1. The van der Waals surface area contributed by atoms with Gasteiger partial charge in [0.1, 0.15) is 6.54 Å². The molecular weight excluding hydrogens is 368 g/mol. The predicted molar refractivity (Wildman–Crippen MR) is 100 cm³/mol. The van der Waals surface area contributed by atoms with E-state index in [1.165, 1.54) is 0 Å². The molecule has 2 fully saturated rings. The first-order valence-corrected chi connectivity index (χ1v) is 9.80. The van der Waals surface area contributed by atoms with E-state index in [0.29, 0.717) is 32.5 Å². The lowest BCUT2D eigenvalue weighted by Gasteiger charge is -2.38. The number of fused-ring (bicyclic) bond motifs is 1. The van der Waals surface area contributed by atoms with E-state index in [4.69, 9.17) is 0 Å². The maximum atomic E-state index is 12.4. The fourth-order valence-electron chi connectivity index (χ4n) is 3.58. The molecule has 0 aliphatic carbocycles. The van der Waals surface area contributed by atoms with E-state index in [-0.39, 0.29) is 29.4 Å². The molecule has 0 radical (unpaired) electrons. The zero-order valence-electron chi connectivity index (χ0n) is 14.7. The van der Waals surface area contributed by atoms with Gasteiger partial charge in [-0.2, -0.15) is 0 Å². The highest BCUT2D eigenvalue weighted by molar-refractivity contribution is 8.14. The normalized spacial score (nSPS) is 19.9. The van der Waals surface area contributed by atoms with Crippen LogP contribution in [0.2, 0.25) is 0 Å². The van der Waals surface area contributed by atoms with E-state index in [2.05, 4.69) is 4.98 Å². The number of pyridine rings is 1. The van der Waals surface area contributed by atoms with E-state index in [1.807, 2.05) is 22.9 Å². The molecule has 1 N–H and O–H groups in total. The number of hydrogen-bond donors (Lipinski definition) is 1. The number of imide groups is 1. The highest BCUT2D eigenvalue weighted by atomic mass is 32.2. The smallest absolute Gasteiger partial charge is 0.289 e. The van der Waals surface area contributed by atoms with Gasteiger partial charge >= 0.3 is 0 Å². The van der Waals surface area contributed by atoms with Crippen LogP contribution in [0, 0.1) is 0 Å². The number of piperidine rings is 1. The maximum Gasteiger partial charge on any atom is 0.289 e. The van der Waals surface area contributed by atoms with Crippen LogP contribution in [0.1, 0.15) is 12.8 Å². The van der Waals surface area contributed by atoms with Crippen molar-refractivity contribution in [3.63, 3.8) is 0 Å². The molecule has 4 heterocycles. The largest absolute Gasteiger partial charge is 0.388 e. The average Bonchev–Trinajstić information content (AvgIpc) is 3.20. The Morgan fingerprint density at radius 1 is 1.26 bits per heavy atom. The van der Waals surface area contributed by atoms with Gasteiger partial charge in [-0.25, -0.2) is 0 Å². The van der Waals surface area contributed by atoms with E-state index in [9.17, 15) is 19.5 Å². The summed E-state index contributed by atoms with van der Waals surface area (Å²) in [6.07, 6.45) is 6.33. The summed E-state index contributed by atoms with van der Waals surface area (Å²) in [4.78, 5) is 42.5. The number of aliphatic hydroxyl groups is 1. The summed E-state index contributed by atoms with van der Waals surface area (Å²) in [7, 11) is 0. The highest BCUT2D eigenvalue weighted by Crippen LogP contribution is 2.27. The van der Waals surface area contributed by atoms with Gasteiger partial charge in [0.2, 0.25) is 11.8 Å². The van der Waals surface area contributed by atoms with Crippen molar-refractivity contribution < 1.29 is 19.5 Å². The van der Waals surface area contributed by atoms with Gasteiger partial charge in [0, 0.05) is 30.9 Å². The van der Waals surface area contributed by atoms with E-state index in [0.717, 1.165) is 27.6 Å². The first kappa shape index (κ1) is 18.0. The van der Waals surface area contributed by atoms with Crippen molar-refractivity contribution in [1.29, 1.82) is 0 Å². The Kier molecular flexibility index (Phi) is 4.65. The Bertz CT molecular complexity index is 888. The van der Waals surface area contributed by atoms with Gasteiger partial charge in [-0.1, -0.05) is 11.8 Å². The third-order valence-corrected chi connectivity index (χ3v) is 6.08. The molecule has 0 spiro atoms. The molecule has 0 aromatic carbocycles. The van der Waals surface area contributed by atoms with Crippen molar-refractivity contribution in [2.24, 2.45) is 0 Å². The number of hydrogen-bond acceptors (Lipinski definition) is 6. The Labute approximate surface area is 160 Å². The molecule has 4 rings (SSSR count). The van der Waals surface area contributed by atoms with Gasteiger partial charge in [-0.3, -0.25) is 24.3 Å². The molecule has 8 nitrogen and oxygen atoms in total. The molecule has 0 saturated carbocycles. The summed E-state index contributed by atoms with van der Waals surface area (Å²) in [6.45, 7) is 1.02. The Morgan fingerprint density at radius 3 is 2.74 bits per heavy atom. The molecule has 0 bridgehead atoms. The summed E-state index contributed by atoms with van der Waals surface area (Å²) < 4.78 is 1.98. The summed E-state index contributed by atoms with van der Waals surface area (Å²) in [5.41, 5.74) is 0.0567. The van der Waals surface area contributed by atoms with Gasteiger partial charge in [0.15, 0.2) is 0 Å². The topological polar surface area (TPSA) is 95.7 Å². The number of rotatable bonds is 4. The predicted octanol–water partition coefficient (Wildman–Crippen LogP) is 1.09. The van der Waals surface area contributed by atoms with Crippen molar-refractivity contribution >= 4 is 39.7 Å². The molecule has 27 heavy (non-hydrogen) atoms. The Morgan fingerprint density at radius 2 is 2.04 bits per heavy atom. The summed E-state index contributed by atoms with van der Waals surface area (Å²) >= 11 is 0.924. The van der Waals surface area contributed by atoms with E-state index < -0.39 is 5.60 Å². The number of carbonyl (C=O) groups excluding carboxylic acids is 3. The zero-order valence-corrected chi connectivity index (χ0v) is 15.5. The lowest BCUT2D eigenvalue weighted by atomic mass is 9.91. The highest BCUT2D eigenvalue weighted by Gasteiger charge is 2.37. The molecule has 0 atom stereocenters. The molecule has 9 heteroatoms. The van der Waals surface area contributed by atoms with Crippen LogP contribution in [0.3, 0.4) is 0 Å². The van der Waals surface area contributed by atoms with Crippen LogP contribution in [0.5, 0.6) is 0 Å². The molecule has 0 unspecified atom stereocenters. The van der Waals surface area contributed by atoms with Gasteiger partial charge in [-0.15, -0.1) is 0 Å². The minimum Gasteiger partial charge on any atom is -0.388 e.